The van der Waals surface area contributed by atoms with E-state index < -0.39 is 0 Å². The van der Waals surface area contributed by atoms with E-state index in [1.807, 2.05) is 0 Å². The highest BCUT2D eigenvalue weighted by molar-refractivity contribution is 9.12. The average Bonchev–Trinajstić information content (AvgIpc) is 3.82. The minimum atomic E-state index is -0.0302. The predicted octanol–water partition coefficient (Wildman–Crippen LogP) is 9.34. The number of hydrogen-bond acceptors (Lipinski definition) is 10. The van der Waals surface area contributed by atoms with Gasteiger partial charge in [0.15, 0.2) is 23.3 Å². The van der Waals surface area contributed by atoms with Crippen LogP contribution in [0.25, 0.3) is 11.4 Å². The van der Waals surface area contributed by atoms with E-state index in [2.05, 4.69) is 127 Å². The van der Waals surface area contributed by atoms with Crippen LogP contribution in [0, 0.1) is 0 Å². The van der Waals surface area contributed by atoms with Crippen LogP contribution in [0.5, 0.6) is 23.0 Å². The third-order valence-electron chi connectivity index (χ3n) is 8.96. The highest BCUT2D eigenvalue weighted by Crippen LogP contribution is 2.45. The van der Waals surface area contributed by atoms with Crippen molar-refractivity contribution in [1.29, 1.82) is 0 Å². The van der Waals surface area contributed by atoms with Gasteiger partial charge < -0.3 is 20.4 Å². The maximum atomic E-state index is 11.0. The van der Waals surface area contributed by atoms with E-state index in [9.17, 15) is 20.4 Å². The van der Waals surface area contributed by atoms with Gasteiger partial charge in [0.2, 0.25) is 0 Å². The standard InChI is InChI=1S/C34H12Br8N6O4/c35-11-1-7-15-5-17(19(7)23(39)27(11)49)45-32-10-4-14(38)29(51)25(41)21(10)33(48-32)44-16-6-18(20-8(16)2-12(36)28(50)24(20)40)46-34-22-9(31(43-15)47-34)3-13(37)30(52)26(22)42/h1-4,49-52H,5-6H2. The van der Waals surface area contributed by atoms with Crippen molar-refractivity contribution in [2.45, 2.75) is 12.8 Å². The molecule has 0 saturated heterocycles. The van der Waals surface area contributed by atoms with Crippen molar-refractivity contribution in [2.24, 2.45) is 30.0 Å². The van der Waals surface area contributed by atoms with E-state index in [0.29, 0.717) is 120 Å². The van der Waals surface area contributed by atoms with Gasteiger partial charge in [0, 0.05) is 56.7 Å². The smallest absolute Gasteiger partial charge is 0.163 e. The second kappa shape index (κ2) is 12.6. The summed E-state index contributed by atoms with van der Waals surface area (Å²) in [7, 11) is 0. The zero-order valence-corrected chi connectivity index (χ0v) is 37.9. The molecule has 0 spiro atoms. The molecule has 4 aromatic carbocycles. The molecule has 3 aliphatic heterocycles. The van der Waals surface area contributed by atoms with E-state index in [1.54, 1.807) is 24.3 Å². The average molecular weight is 1210 g/mol. The van der Waals surface area contributed by atoms with Gasteiger partial charge >= 0.3 is 0 Å². The molecule has 0 unspecified atom stereocenters. The van der Waals surface area contributed by atoms with E-state index in [4.69, 9.17) is 30.0 Å². The first-order chi connectivity index (χ1) is 24.7. The fourth-order valence-corrected chi connectivity index (χ4v) is 11.9. The number of halogens is 8. The number of hydrogen-bond donors (Lipinski definition) is 4. The van der Waals surface area contributed by atoms with Gasteiger partial charge in [-0.1, -0.05) is 0 Å². The van der Waals surface area contributed by atoms with Crippen molar-refractivity contribution in [3.8, 4) is 23.0 Å². The lowest BCUT2D eigenvalue weighted by Gasteiger charge is -2.09. The Kier molecular flexibility index (Phi) is 8.58. The van der Waals surface area contributed by atoms with E-state index >= 15 is 0 Å². The number of aliphatic imine (C=N–C) groups is 6. The number of phenols is 4. The minimum Gasteiger partial charge on any atom is -0.506 e. The second-order valence-electron chi connectivity index (χ2n) is 11.9. The highest BCUT2D eigenvalue weighted by atomic mass is 79.9. The molecule has 258 valence electrons. The highest BCUT2D eigenvalue weighted by Gasteiger charge is 2.36. The number of amidine groups is 4. The van der Waals surface area contributed by atoms with E-state index in [0.717, 1.165) is 0 Å². The molecule has 4 N–H and O–H groups in total. The number of phenolic OH excluding ortho intramolecular Hbond substituents is 4. The Morgan fingerprint density at radius 2 is 0.846 bits per heavy atom. The quantitative estimate of drug-likeness (QED) is 0.139. The summed E-state index contributed by atoms with van der Waals surface area (Å²) >= 11 is 28.2. The molecule has 0 radical (unpaired) electrons. The van der Waals surface area contributed by atoms with Crippen molar-refractivity contribution in [3.05, 3.63) is 104 Å². The Labute approximate surface area is 359 Å². The predicted molar refractivity (Wildman–Crippen MR) is 229 cm³/mol. The molecule has 0 atom stereocenters. The third-order valence-corrected chi connectivity index (χ3v) is 14.5. The molecule has 0 amide bonds. The Morgan fingerprint density at radius 3 is 1.40 bits per heavy atom. The van der Waals surface area contributed by atoms with Gasteiger partial charge in [-0.25, -0.2) is 30.0 Å². The minimum absolute atomic E-state index is 0.00204. The molecule has 8 bridgehead atoms. The molecule has 52 heavy (non-hydrogen) atoms. The zero-order valence-electron chi connectivity index (χ0n) is 25.2. The fourth-order valence-electron chi connectivity index (χ4n) is 6.60. The maximum Gasteiger partial charge on any atom is 0.163 e. The summed E-state index contributed by atoms with van der Waals surface area (Å²) in [5.41, 5.74) is 5.92. The molecule has 10 nitrogen and oxygen atoms in total. The molecule has 2 aliphatic carbocycles. The van der Waals surface area contributed by atoms with Gasteiger partial charge in [-0.3, -0.25) is 0 Å². The van der Waals surface area contributed by atoms with Crippen molar-refractivity contribution < 1.29 is 20.4 Å². The summed E-state index contributed by atoms with van der Waals surface area (Å²) in [6.45, 7) is 0. The summed E-state index contributed by atoms with van der Waals surface area (Å²) in [4.78, 5) is 30.2. The second-order valence-corrected chi connectivity index (χ2v) is 18.5. The van der Waals surface area contributed by atoms with Crippen LogP contribution in [0.1, 0.15) is 46.2 Å². The van der Waals surface area contributed by atoms with Gasteiger partial charge in [0.1, 0.15) is 23.0 Å². The zero-order chi connectivity index (χ0) is 36.7. The summed E-state index contributed by atoms with van der Waals surface area (Å²) in [5.74, 6) is 1.18. The molecule has 3 heterocycles. The molecule has 5 aliphatic rings. The molecule has 9 rings (SSSR count). The van der Waals surface area contributed by atoms with Crippen LogP contribution in [0.2, 0.25) is 0 Å². The first-order valence-corrected chi connectivity index (χ1v) is 21.2. The van der Waals surface area contributed by atoms with E-state index in [-0.39, 0.29) is 41.7 Å². The number of aromatic hydroxyl groups is 4. The first-order valence-electron chi connectivity index (χ1n) is 14.8. The largest absolute Gasteiger partial charge is 0.506 e. The lowest BCUT2D eigenvalue weighted by molar-refractivity contribution is 0.467. The summed E-state index contributed by atoms with van der Waals surface area (Å²) in [6.07, 6.45) is 0.457. The summed E-state index contributed by atoms with van der Waals surface area (Å²) in [6, 6.07) is 7.04. The molecular weight excluding hydrogens is 1200 g/mol. The topological polar surface area (TPSA) is 155 Å². The lowest BCUT2D eigenvalue weighted by atomic mass is 10.1. The monoisotopic (exact) mass is 1200 g/mol. The number of benzene rings is 4. The van der Waals surface area contributed by atoms with Gasteiger partial charge in [0.25, 0.3) is 0 Å². The van der Waals surface area contributed by atoms with Crippen LogP contribution in [0.15, 0.2) is 90.0 Å². The number of fused-ring (bicyclic) bond motifs is 16. The molecule has 18 heteroatoms. The SMILES string of the molecule is Oc1c(Br)cc2c(c1Br)C1=NC3=NC(=NC4=c5cc(Br)c(O)c(Br)c5=C(C4)N=C4N=C(N=C2C1)c1cc(Br)c(O)c(Br)c14)c1c3cc(Br)c(O)c1Br. The van der Waals surface area contributed by atoms with Crippen molar-refractivity contribution >= 4 is 174 Å². The number of rotatable bonds is 0. The Balaban J connectivity index is 1.44. The van der Waals surface area contributed by atoms with Gasteiger partial charge in [-0.15, -0.1) is 0 Å². The van der Waals surface area contributed by atoms with Crippen molar-refractivity contribution in [1.82, 2.24) is 0 Å². The van der Waals surface area contributed by atoms with Crippen LogP contribution in [0.3, 0.4) is 0 Å². The van der Waals surface area contributed by atoms with Crippen LogP contribution in [-0.2, 0) is 0 Å². The summed E-state index contributed by atoms with van der Waals surface area (Å²) < 4.78 is 3.33. The molecule has 0 fully saturated rings. The third kappa shape index (κ3) is 5.18. The van der Waals surface area contributed by atoms with Gasteiger partial charge in [-0.2, -0.15) is 0 Å². The Hall–Kier alpha value is -2.32. The first kappa shape index (κ1) is 35.4. The van der Waals surface area contributed by atoms with Crippen LogP contribution in [0.4, 0.5) is 0 Å². The molecular formula is C34H12Br8N6O4. The van der Waals surface area contributed by atoms with Gasteiger partial charge in [-0.05, 0) is 152 Å². The number of nitrogens with zero attached hydrogens (tertiary/aromatic N) is 6. The van der Waals surface area contributed by atoms with Crippen LogP contribution >= 0.6 is 127 Å². The Bertz CT molecular complexity index is 2830. The normalized spacial score (nSPS) is 16.5. The molecule has 0 aromatic heterocycles. The van der Waals surface area contributed by atoms with Crippen LogP contribution in [-0.4, -0.2) is 55.2 Å². The fraction of sp³-hybridized carbons (Fsp3) is 0.0588. The Morgan fingerprint density at radius 1 is 0.404 bits per heavy atom. The van der Waals surface area contributed by atoms with E-state index in [1.165, 1.54) is 0 Å². The van der Waals surface area contributed by atoms with Crippen molar-refractivity contribution in [2.75, 3.05) is 0 Å². The lowest BCUT2D eigenvalue weighted by Crippen LogP contribution is -2.26. The molecule has 4 aromatic rings. The summed E-state index contributed by atoms with van der Waals surface area (Å²) in [5, 5.41) is 45.3. The van der Waals surface area contributed by atoms with Crippen molar-refractivity contribution in [3.63, 3.8) is 0 Å². The van der Waals surface area contributed by atoms with Crippen LogP contribution < -0.4 is 10.4 Å². The maximum absolute atomic E-state index is 11.0. The van der Waals surface area contributed by atoms with Gasteiger partial charge in [0.05, 0.1) is 58.6 Å². The molecule has 0 saturated carbocycles.